The number of hydrogen-bond donors (Lipinski definition) is 1. The Kier molecular flexibility index (Phi) is 1.74. The molecule has 2 heterocycles. The van der Waals surface area contributed by atoms with E-state index in [0.29, 0.717) is 5.92 Å². The number of nitrogens with zero attached hydrogens (tertiary/aromatic N) is 1. The number of aromatic nitrogens is 1. The zero-order valence-electron chi connectivity index (χ0n) is 7.90. The van der Waals surface area contributed by atoms with E-state index >= 15 is 0 Å². The molecule has 14 heavy (non-hydrogen) atoms. The molecule has 2 heteroatoms. The number of pyridine rings is 1. The summed E-state index contributed by atoms with van der Waals surface area (Å²) in [5.41, 5.74) is 1.25. The molecule has 1 aliphatic heterocycles. The molecule has 0 atom stereocenters. The Bertz CT molecular complexity index is 455. The third-order valence-electron chi connectivity index (χ3n) is 2.87. The average molecular weight is 184 g/mol. The van der Waals surface area contributed by atoms with Crippen molar-refractivity contribution >= 4 is 10.8 Å². The van der Waals surface area contributed by atoms with E-state index in [2.05, 4.69) is 40.6 Å². The van der Waals surface area contributed by atoms with Crippen LogP contribution in [0.5, 0.6) is 0 Å². The second-order valence-corrected chi connectivity index (χ2v) is 3.77. The molecule has 2 nitrogen and oxygen atoms in total. The van der Waals surface area contributed by atoms with Gasteiger partial charge in [-0.15, -0.1) is 0 Å². The first-order chi connectivity index (χ1) is 6.95. The van der Waals surface area contributed by atoms with E-state index in [4.69, 9.17) is 0 Å². The molecule has 1 aliphatic rings. The van der Waals surface area contributed by atoms with Crippen LogP contribution in [0.25, 0.3) is 10.8 Å². The third kappa shape index (κ3) is 1.11. The maximum absolute atomic E-state index is 4.49. The molecule has 1 aromatic carbocycles. The molecule has 0 amide bonds. The topological polar surface area (TPSA) is 24.9 Å². The van der Waals surface area contributed by atoms with Crippen molar-refractivity contribution in [3.05, 3.63) is 42.2 Å². The molecular weight excluding hydrogens is 172 g/mol. The van der Waals surface area contributed by atoms with Gasteiger partial charge in [0, 0.05) is 30.6 Å². The summed E-state index contributed by atoms with van der Waals surface area (Å²) in [6, 6.07) is 10.5. The van der Waals surface area contributed by atoms with Crippen molar-refractivity contribution in [2.45, 2.75) is 5.92 Å². The SMILES string of the molecule is c1ccc2c(C3CNC3)nccc2c1. The molecule has 0 aliphatic carbocycles. The third-order valence-corrected chi connectivity index (χ3v) is 2.87. The van der Waals surface area contributed by atoms with Gasteiger partial charge in [0.15, 0.2) is 0 Å². The van der Waals surface area contributed by atoms with Gasteiger partial charge in [-0.3, -0.25) is 4.98 Å². The van der Waals surface area contributed by atoms with Gasteiger partial charge in [-0.1, -0.05) is 24.3 Å². The Morgan fingerprint density at radius 3 is 2.79 bits per heavy atom. The Balaban J connectivity index is 2.22. The lowest BCUT2D eigenvalue weighted by atomic mass is 9.94. The lowest BCUT2D eigenvalue weighted by molar-refractivity contribution is 0.442. The Labute approximate surface area is 83.0 Å². The van der Waals surface area contributed by atoms with Crippen molar-refractivity contribution in [1.29, 1.82) is 0 Å². The summed E-state index contributed by atoms with van der Waals surface area (Å²) in [5, 5.41) is 5.89. The lowest BCUT2D eigenvalue weighted by Gasteiger charge is -2.27. The molecule has 0 spiro atoms. The number of fused-ring (bicyclic) bond motifs is 1. The highest BCUT2D eigenvalue weighted by molar-refractivity contribution is 5.84. The zero-order valence-corrected chi connectivity index (χ0v) is 7.90. The van der Waals surface area contributed by atoms with E-state index in [1.807, 2.05) is 6.20 Å². The van der Waals surface area contributed by atoms with Gasteiger partial charge < -0.3 is 5.32 Å². The van der Waals surface area contributed by atoms with Crippen molar-refractivity contribution < 1.29 is 0 Å². The number of rotatable bonds is 1. The van der Waals surface area contributed by atoms with Gasteiger partial charge in [-0.2, -0.15) is 0 Å². The second-order valence-electron chi connectivity index (χ2n) is 3.77. The zero-order chi connectivity index (χ0) is 9.38. The van der Waals surface area contributed by atoms with Crippen LogP contribution < -0.4 is 5.32 Å². The van der Waals surface area contributed by atoms with Crippen LogP contribution in [0.15, 0.2) is 36.5 Å². The van der Waals surface area contributed by atoms with Crippen LogP contribution in [0.4, 0.5) is 0 Å². The molecular formula is C12H12N2. The Morgan fingerprint density at radius 2 is 2.00 bits per heavy atom. The predicted octanol–water partition coefficient (Wildman–Crippen LogP) is 1.92. The molecule has 1 aromatic heterocycles. The van der Waals surface area contributed by atoms with Gasteiger partial charge in [0.25, 0.3) is 0 Å². The molecule has 3 rings (SSSR count). The standard InChI is InChI=1S/C12H12N2/c1-2-4-11-9(3-1)5-6-14-12(11)10-7-13-8-10/h1-6,10,13H,7-8H2. The highest BCUT2D eigenvalue weighted by atomic mass is 15.0. The highest BCUT2D eigenvalue weighted by Gasteiger charge is 2.21. The van der Waals surface area contributed by atoms with Crippen molar-refractivity contribution in [3.63, 3.8) is 0 Å². The molecule has 0 unspecified atom stereocenters. The van der Waals surface area contributed by atoms with Gasteiger partial charge in [0.1, 0.15) is 0 Å². The molecule has 1 fully saturated rings. The molecule has 0 saturated carbocycles. The summed E-state index contributed by atoms with van der Waals surface area (Å²) >= 11 is 0. The van der Waals surface area contributed by atoms with E-state index in [1.165, 1.54) is 16.5 Å². The summed E-state index contributed by atoms with van der Waals surface area (Å²) in [6.07, 6.45) is 1.91. The Hall–Kier alpha value is -1.41. The maximum atomic E-state index is 4.49. The van der Waals surface area contributed by atoms with Crippen LogP contribution in [0, 0.1) is 0 Å². The fraction of sp³-hybridized carbons (Fsp3) is 0.250. The quantitative estimate of drug-likeness (QED) is 0.732. The van der Waals surface area contributed by atoms with E-state index in [-0.39, 0.29) is 0 Å². The minimum atomic E-state index is 0.612. The largest absolute Gasteiger partial charge is 0.315 e. The van der Waals surface area contributed by atoms with Crippen LogP contribution in [-0.4, -0.2) is 18.1 Å². The number of hydrogen-bond acceptors (Lipinski definition) is 2. The van der Waals surface area contributed by atoms with Crippen molar-refractivity contribution in [2.24, 2.45) is 0 Å². The smallest absolute Gasteiger partial charge is 0.0538 e. The van der Waals surface area contributed by atoms with Gasteiger partial charge in [-0.05, 0) is 11.5 Å². The molecule has 70 valence electrons. The van der Waals surface area contributed by atoms with E-state index in [0.717, 1.165) is 13.1 Å². The van der Waals surface area contributed by atoms with E-state index in [1.54, 1.807) is 0 Å². The first-order valence-electron chi connectivity index (χ1n) is 4.99. The monoisotopic (exact) mass is 184 g/mol. The minimum Gasteiger partial charge on any atom is -0.315 e. The van der Waals surface area contributed by atoms with Crippen LogP contribution in [0.1, 0.15) is 11.6 Å². The predicted molar refractivity (Wildman–Crippen MR) is 57.4 cm³/mol. The van der Waals surface area contributed by atoms with Crippen LogP contribution >= 0.6 is 0 Å². The first kappa shape index (κ1) is 7.94. The number of benzene rings is 1. The maximum Gasteiger partial charge on any atom is 0.0538 e. The van der Waals surface area contributed by atoms with Gasteiger partial charge in [-0.25, -0.2) is 0 Å². The molecule has 1 saturated heterocycles. The van der Waals surface area contributed by atoms with Crippen LogP contribution in [-0.2, 0) is 0 Å². The van der Waals surface area contributed by atoms with Gasteiger partial charge in [0.2, 0.25) is 0 Å². The van der Waals surface area contributed by atoms with E-state index in [9.17, 15) is 0 Å². The minimum absolute atomic E-state index is 0.612. The van der Waals surface area contributed by atoms with Crippen LogP contribution in [0.3, 0.4) is 0 Å². The summed E-state index contributed by atoms with van der Waals surface area (Å²) in [6.45, 7) is 2.14. The van der Waals surface area contributed by atoms with Gasteiger partial charge >= 0.3 is 0 Å². The summed E-state index contributed by atoms with van der Waals surface area (Å²) < 4.78 is 0. The number of nitrogens with one attached hydrogen (secondary N) is 1. The molecule has 0 radical (unpaired) electrons. The van der Waals surface area contributed by atoms with Crippen molar-refractivity contribution in [1.82, 2.24) is 10.3 Å². The highest BCUT2D eigenvalue weighted by Crippen LogP contribution is 2.25. The summed E-state index contributed by atoms with van der Waals surface area (Å²) in [7, 11) is 0. The fourth-order valence-corrected chi connectivity index (χ4v) is 1.95. The molecule has 2 aromatic rings. The normalized spacial score (nSPS) is 16.9. The molecule has 0 bridgehead atoms. The van der Waals surface area contributed by atoms with Crippen molar-refractivity contribution in [3.8, 4) is 0 Å². The first-order valence-corrected chi connectivity index (χ1v) is 4.99. The lowest BCUT2D eigenvalue weighted by Crippen LogP contribution is -2.40. The average Bonchev–Trinajstić information content (AvgIpc) is 2.16. The van der Waals surface area contributed by atoms with E-state index < -0.39 is 0 Å². The summed E-state index contributed by atoms with van der Waals surface area (Å²) in [4.78, 5) is 4.49. The fourth-order valence-electron chi connectivity index (χ4n) is 1.95. The van der Waals surface area contributed by atoms with Crippen LogP contribution in [0.2, 0.25) is 0 Å². The summed E-state index contributed by atoms with van der Waals surface area (Å²) in [5.74, 6) is 0.612. The second kappa shape index (κ2) is 3.07. The Morgan fingerprint density at radius 1 is 1.14 bits per heavy atom. The van der Waals surface area contributed by atoms with Gasteiger partial charge in [0.05, 0.1) is 5.69 Å². The molecule has 1 N–H and O–H groups in total. The van der Waals surface area contributed by atoms with Crippen molar-refractivity contribution in [2.75, 3.05) is 13.1 Å².